The number of pyridine rings is 1. The number of aryl methyl sites for hydroxylation is 1. The van der Waals surface area contributed by atoms with Crippen molar-refractivity contribution in [3.63, 3.8) is 0 Å². The average Bonchev–Trinajstić information content (AvgIpc) is 2.41. The maximum Gasteiger partial charge on any atom is 0.254 e. The number of ether oxygens (including phenoxy) is 1. The predicted molar refractivity (Wildman–Crippen MR) is 66.4 cm³/mol. The van der Waals surface area contributed by atoms with Crippen molar-refractivity contribution in [2.75, 3.05) is 26.2 Å². The molecular weight excluding hydrogens is 234 g/mol. The van der Waals surface area contributed by atoms with Crippen molar-refractivity contribution in [3.05, 3.63) is 34.2 Å². The Morgan fingerprint density at radius 3 is 3.06 bits per heavy atom. The van der Waals surface area contributed by atoms with Crippen molar-refractivity contribution in [2.45, 2.75) is 6.10 Å². The zero-order chi connectivity index (χ0) is 13.1. The molecule has 0 aromatic carbocycles. The van der Waals surface area contributed by atoms with E-state index in [4.69, 9.17) is 10.5 Å². The molecule has 0 radical (unpaired) electrons. The third kappa shape index (κ3) is 2.60. The van der Waals surface area contributed by atoms with E-state index in [1.807, 2.05) is 0 Å². The molecule has 1 saturated heterocycles. The molecule has 1 unspecified atom stereocenters. The van der Waals surface area contributed by atoms with Crippen molar-refractivity contribution < 1.29 is 9.53 Å². The van der Waals surface area contributed by atoms with Gasteiger partial charge in [-0.1, -0.05) is 0 Å². The fraction of sp³-hybridized carbons (Fsp3) is 0.500. The number of aromatic nitrogens is 1. The van der Waals surface area contributed by atoms with Gasteiger partial charge in [-0.2, -0.15) is 0 Å². The van der Waals surface area contributed by atoms with Gasteiger partial charge in [0.1, 0.15) is 0 Å². The zero-order valence-corrected chi connectivity index (χ0v) is 10.3. The number of nitrogens with zero attached hydrogens (tertiary/aromatic N) is 2. The average molecular weight is 251 g/mol. The van der Waals surface area contributed by atoms with E-state index >= 15 is 0 Å². The van der Waals surface area contributed by atoms with Gasteiger partial charge in [-0.25, -0.2) is 0 Å². The van der Waals surface area contributed by atoms with Crippen molar-refractivity contribution in [1.82, 2.24) is 9.47 Å². The smallest absolute Gasteiger partial charge is 0.254 e. The van der Waals surface area contributed by atoms with Gasteiger partial charge < -0.3 is 19.9 Å². The summed E-state index contributed by atoms with van der Waals surface area (Å²) in [6.45, 7) is 1.88. The van der Waals surface area contributed by atoms with Gasteiger partial charge in [0.2, 0.25) is 0 Å². The molecule has 2 rings (SSSR count). The summed E-state index contributed by atoms with van der Waals surface area (Å²) in [4.78, 5) is 25.4. The van der Waals surface area contributed by atoms with E-state index in [1.165, 1.54) is 10.6 Å². The van der Waals surface area contributed by atoms with Crippen LogP contribution in [0.4, 0.5) is 0 Å². The van der Waals surface area contributed by atoms with Crippen LogP contribution in [-0.2, 0) is 11.8 Å². The predicted octanol–water partition coefficient (Wildman–Crippen LogP) is -0.815. The van der Waals surface area contributed by atoms with E-state index in [9.17, 15) is 9.59 Å². The molecule has 18 heavy (non-hydrogen) atoms. The van der Waals surface area contributed by atoms with Crippen LogP contribution in [0.25, 0.3) is 0 Å². The van der Waals surface area contributed by atoms with Gasteiger partial charge in [0.25, 0.3) is 11.5 Å². The van der Waals surface area contributed by atoms with Gasteiger partial charge in [-0.15, -0.1) is 0 Å². The van der Waals surface area contributed by atoms with Crippen LogP contribution in [0.1, 0.15) is 10.4 Å². The van der Waals surface area contributed by atoms with Gasteiger partial charge >= 0.3 is 0 Å². The molecule has 0 saturated carbocycles. The van der Waals surface area contributed by atoms with E-state index in [0.29, 0.717) is 31.8 Å². The summed E-state index contributed by atoms with van der Waals surface area (Å²) in [6.07, 6.45) is 1.48. The van der Waals surface area contributed by atoms with Crippen LogP contribution in [0.5, 0.6) is 0 Å². The van der Waals surface area contributed by atoms with Crippen LogP contribution in [0.2, 0.25) is 0 Å². The van der Waals surface area contributed by atoms with Gasteiger partial charge in [0.05, 0.1) is 12.7 Å². The highest BCUT2D eigenvalue weighted by atomic mass is 16.5. The number of carbonyl (C=O) groups is 1. The second kappa shape index (κ2) is 5.32. The first-order chi connectivity index (χ1) is 8.61. The number of amides is 1. The van der Waals surface area contributed by atoms with E-state index in [2.05, 4.69) is 0 Å². The molecule has 1 fully saturated rings. The molecule has 2 heterocycles. The van der Waals surface area contributed by atoms with Crippen LogP contribution in [0.15, 0.2) is 23.1 Å². The summed E-state index contributed by atoms with van der Waals surface area (Å²) in [5, 5.41) is 0. The lowest BCUT2D eigenvalue weighted by Crippen LogP contribution is -2.48. The molecule has 2 N–H and O–H groups in total. The molecule has 1 aliphatic rings. The zero-order valence-electron chi connectivity index (χ0n) is 10.3. The summed E-state index contributed by atoms with van der Waals surface area (Å²) < 4.78 is 6.83. The van der Waals surface area contributed by atoms with E-state index in [0.717, 1.165) is 0 Å². The maximum atomic E-state index is 12.2. The van der Waals surface area contributed by atoms with Gasteiger partial charge in [-0.05, 0) is 6.07 Å². The summed E-state index contributed by atoms with van der Waals surface area (Å²) in [5.74, 6) is -0.144. The Bertz CT molecular complexity index is 498. The Balaban J connectivity index is 2.15. The first-order valence-corrected chi connectivity index (χ1v) is 5.89. The fourth-order valence-electron chi connectivity index (χ4n) is 1.91. The van der Waals surface area contributed by atoms with Crippen LogP contribution in [0, 0.1) is 0 Å². The Labute approximate surface area is 105 Å². The molecule has 6 heteroatoms. The molecule has 0 bridgehead atoms. The second-order valence-corrected chi connectivity index (χ2v) is 4.34. The maximum absolute atomic E-state index is 12.2. The fourth-order valence-corrected chi connectivity index (χ4v) is 1.91. The minimum Gasteiger partial charge on any atom is -0.373 e. The van der Waals surface area contributed by atoms with Crippen LogP contribution in [-0.4, -0.2) is 47.7 Å². The number of rotatable bonds is 2. The van der Waals surface area contributed by atoms with Crippen LogP contribution in [0.3, 0.4) is 0 Å². The highest BCUT2D eigenvalue weighted by Crippen LogP contribution is 2.08. The number of hydrogen-bond donors (Lipinski definition) is 1. The van der Waals surface area contributed by atoms with Crippen LogP contribution >= 0.6 is 0 Å². The molecule has 1 amide bonds. The quantitative estimate of drug-likeness (QED) is 0.745. The Morgan fingerprint density at radius 2 is 2.39 bits per heavy atom. The molecule has 98 valence electrons. The third-order valence-corrected chi connectivity index (χ3v) is 3.04. The number of nitrogens with two attached hydrogens (primary N) is 1. The van der Waals surface area contributed by atoms with Crippen LogP contribution < -0.4 is 11.3 Å². The standard InChI is InChI=1S/C12H17N3O3/c1-14-3-2-9(6-11(14)16)12(17)15-4-5-18-10(7-13)8-15/h2-3,6,10H,4-5,7-8,13H2,1H3. The molecule has 1 aromatic rings. The summed E-state index contributed by atoms with van der Waals surface area (Å²) in [5.41, 5.74) is 5.75. The molecule has 6 nitrogen and oxygen atoms in total. The first kappa shape index (κ1) is 12.8. The van der Waals surface area contributed by atoms with E-state index in [-0.39, 0.29) is 17.6 Å². The topological polar surface area (TPSA) is 77.6 Å². The summed E-state index contributed by atoms with van der Waals surface area (Å²) >= 11 is 0. The lowest BCUT2D eigenvalue weighted by Gasteiger charge is -2.32. The summed E-state index contributed by atoms with van der Waals surface area (Å²) in [6, 6.07) is 3.01. The monoisotopic (exact) mass is 251 g/mol. The lowest BCUT2D eigenvalue weighted by atomic mass is 10.2. The highest BCUT2D eigenvalue weighted by molar-refractivity contribution is 5.94. The lowest BCUT2D eigenvalue weighted by molar-refractivity contribution is -0.0167. The van der Waals surface area contributed by atoms with Gasteiger partial charge in [-0.3, -0.25) is 9.59 Å². The minimum absolute atomic E-state index is 0.116. The van der Waals surface area contributed by atoms with Gasteiger partial charge in [0, 0.05) is 44.5 Å². The Kier molecular flexibility index (Phi) is 3.78. The number of carbonyl (C=O) groups excluding carboxylic acids is 1. The SMILES string of the molecule is Cn1ccc(C(=O)N2CCOC(CN)C2)cc1=O. The van der Waals surface area contributed by atoms with Crippen molar-refractivity contribution >= 4 is 5.91 Å². The van der Waals surface area contributed by atoms with Crippen molar-refractivity contribution in [2.24, 2.45) is 12.8 Å². The van der Waals surface area contributed by atoms with Crippen molar-refractivity contribution in [3.8, 4) is 0 Å². The normalized spacial score (nSPS) is 19.9. The summed E-state index contributed by atoms with van der Waals surface area (Å²) in [7, 11) is 1.65. The molecular formula is C12H17N3O3. The Hall–Kier alpha value is -1.66. The molecule has 1 aliphatic heterocycles. The highest BCUT2D eigenvalue weighted by Gasteiger charge is 2.24. The first-order valence-electron chi connectivity index (χ1n) is 5.89. The minimum atomic E-state index is -0.190. The molecule has 1 aromatic heterocycles. The largest absolute Gasteiger partial charge is 0.373 e. The van der Waals surface area contributed by atoms with E-state index in [1.54, 1.807) is 24.2 Å². The van der Waals surface area contributed by atoms with E-state index < -0.39 is 0 Å². The number of morpholine rings is 1. The second-order valence-electron chi connectivity index (χ2n) is 4.34. The molecule has 1 atom stereocenters. The molecule has 0 aliphatic carbocycles. The number of hydrogen-bond acceptors (Lipinski definition) is 4. The third-order valence-electron chi connectivity index (χ3n) is 3.04. The molecule has 0 spiro atoms. The van der Waals surface area contributed by atoms with Crippen molar-refractivity contribution in [1.29, 1.82) is 0 Å². The Morgan fingerprint density at radius 1 is 1.61 bits per heavy atom. The van der Waals surface area contributed by atoms with Gasteiger partial charge in [0.15, 0.2) is 0 Å².